The third-order valence-corrected chi connectivity index (χ3v) is 7.21. The Bertz CT molecular complexity index is 1060. The fourth-order valence-electron chi connectivity index (χ4n) is 5.35. The van der Waals surface area contributed by atoms with Crippen LogP contribution in [0.1, 0.15) is 43.4 Å². The third-order valence-electron chi connectivity index (χ3n) is 7.21. The smallest absolute Gasteiger partial charge is 0.416 e. The molecule has 0 bridgehead atoms. The van der Waals surface area contributed by atoms with E-state index in [2.05, 4.69) is 41.8 Å². The number of halogens is 3. The molecule has 7 heteroatoms. The van der Waals surface area contributed by atoms with Gasteiger partial charge in [0, 0.05) is 62.8 Å². The van der Waals surface area contributed by atoms with Gasteiger partial charge in [0.25, 0.3) is 0 Å². The first-order valence-electron chi connectivity index (χ1n) is 12.2. The van der Waals surface area contributed by atoms with Crippen molar-refractivity contribution in [2.45, 2.75) is 58.0 Å². The van der Waals surface area contributed by atoms with Crippen molar-refractivity contribution in [2.75, 3.05) is 31.1 Å². The van der Waals surface area contributed by atoms with Crippen LogP contribution in [0, 0.1) is 0 Å². The predicted molar refractivity (Wildman–Crippen MR) is 128 cm³/mol. The molecule has 3 heterocycles. The van der Waals surface area contributed by atoms with Crippen molar-refractivity contribution in [3.8, 4) is 5.75 Å². The maximum Gasteiger partial charge on any atom is 0.416 e. The molecule has 34 heavy (non-hydrogen) atoms. The summed E-state index contributed by atoms with van der Waals surface area (Å²) >= 11 is 0. The summed E-state index contributed by atoms with van der Waals surface area (Å²) in [6.45, 7) is 8.32. The molecule has 0 aliphatic carbocycles. The molecule has 1 fully saturated rings. The molecule has 0 radical (unpaired) electrons. The first-order chi connectivity index (χ1) is 16.3. The molecular formula is C27H32F3N3O. The highest BCUT2D eigenvalue weighted by atomic mass is 19.4. The Morgan fingerprint density at radius 3 is 2.50 bits per heavy atom. The summed E-state index contributed by atoms with van der Waals surface area (Å²) in [5.41, 5.74) is 3.30. The molecule has 0 saturated carbocycles. The Morgan fingerprint density at radius 2 is 1.76 bits per heavy atom. The summed E-state index contributed by atoms with van der Waals surface area (Å²) in [6, 6.07) is 12.8. The number of allylic oxidation sites excluding steroid dienone is 1. The van der Waals surface area contributed by atoms with Crippen molar-refractivity contribution in [1.82, 2.24) is 9.80 Å². The predicted octanol–water partition coefficient (Wildman–Crippen LogP) is 5.68. The number of rotatable bonds is 5. The minimum absolute atomic E-state index is 0.250. The van der Waals surface area contributed by atoms with E-state index in [4.69, 9.17) is 4.74 Å². The SMILES string of the molecule is CC(C)N1CCC(Oc2ccc3c(c2)CC2=CN(Cc4ccccc4C(F)(F)F)CCN23)CC1. The molecule has 0 atom stereocenters. The molecule has 1 saturated heterocycles. The van der Waals surface area contributed by atoms with E-state index in [1.165, 1.54) is 23.4 Å². The summed E-state index contributed by atoms with van der Waals surface area (Å²) in [7, 11) is 0. The van der Waals surface area contributed by atoms with Crippen molar-refractivity contribution in [3.63, 3.8) is 0 Å². The van der Waals surface area contributed by atoms with Gasteiger partial charge in [0.05, 0.1) is 5.56 Å². The summed E-state index contributed by atoms with van der Waals surface area (Å²) in [5, 5.41) is 0. The van der Waals surface area contributed by atoms with Crippen molar-refractivity contribution in [3.05, 3.63) is 71.1 Å². The second kappa shape index (κ2) is 9.17. The Balaban J connectivity index is 1.26. The Kier molecular flexibility index (Phi) is 6.23. The van der Waals surface area contributed by atoms with Crippen LogP contribution in [0.15, 0.2) is 54.4 Å². The second-order valence-electron chi connectivity index (χ2n) is 9.81. The molecule has 4 nitrogen and oxygen atoms in total. The number of nitrogens with zero attached hydrogens (tertiary/aromatic N) is 3. The van der Waals surface area contributed by atoms with E-state index in [1.54, 1.807) is 12.1 Å². The fraction of sp³-hybridized carbons (Fsp3) is 0.481. The number of benzene rings is 2. The van der Waals surface area contributed by atoms with E-state index >= 15 is 0 Å². The van der Waals surface area contributed by atoms with Crippen LogP contribution in [0.2, 0.25) is 0 Å². The van der Waals surface area contributed by atoms with E-state index in [9.17, 15) is 13.2 Å². The number of anilines is 1. The van der Waals surface area contributed by atoms with Crippen LogP contribution in [-0.4, -0.2) is 48.1 Å². The van der Waals surface area contributed by atoms with Crippen LogP contribution in [0.3, 0.4) is 0 Å². The van der Waals surface area contributed by atoms with Gasteiger partial charge in [0.2, 0.25) is 0 Å². The van der Waals surface area contributed by atoms with E-state index in [1.807, 2.05) is 11.1 Å². The quantitative estimate of drug-likeness (QED) is 0.559. The van der Waals surface area contributed by atoms with Gasteiger partial charge in [-0.25, -0.2) is 0 Å². The van der Waals surface area contributed by atoms with Crippen LogP contribution in [-0.2, 0) is 19.1 Å². The number of fused-ring (bicyclic) bond motifs is 3. The molecule has 2 aromatic carbocycles. The van der Waals surface area contributed by atoms with Gasteiger partial charge in [-0.05, 0) is 62.1 Å². The topological polar surface area (TPSA) is 19.0 Å². The zero-order valence-corrected chi connectivity index (χ0v) is 19.8. The summed E-state index contributed by atoms with van der Waals surface area (Å²) in [4.78, 5) is 6.78. The molecule has 3 aliphatic heterocycles. The van der Waals surface area contributed by atoms with Crippen LogP contribution in [0.25, 0.3) is 0 Å². The molecule has 0 N–H and O–H groups in total. The number of hydrogen-bond donors (Lipinski definition) is 0. The summed E-state index contributed by atoms with van der Waals surface area (Å²) < 4.78 is 46.5. The number of piperidine rings is 1. The van der Waals surface area contributed by atoms with Gasteiger partial charge in [-0.2, -0.15) is 13.2 Å². The van der Waals surface area contributed by atoms with Crippen molar-refractivity contribution in [2.24, 2.45) is 0 Å². The van der Waals surface area contributed by atoms with Gasteiger partial charge >= 0.3 is 6.18 Å². The number of alkyl halides is 3. The van der Waals surface area contributed by atoms with E-state index in [0.29, 0.717) is 18.2 Å². The average molecular weight is 472 g/mol. The summed E-state index contributed by atoms with van der Waals surface area (Å²) in [5.74, 6) is 0.915. The molecule has 5 rings (SSSR count). The van der Waals surface area contributed by atoms with Gasteiger partial charge in [0.1, 0.15) is 11.9 Å². The molecule has 3 aliphatic rings. The van der Waals surface area contributed by atoms with Gasteiger partial charge in [0.15, 0.2) is 0 Å². The lowest BCUT2D eigenvalue weighted by molar-refractivity contribution is -0.138. The summed E-state index contributed by atoms with van der Waals surface area (Å²) in [6.07, 6.45) is 0.799. The lowest BCUT2D eigenvalue weighted by Gasteiger charge is -2.34. The van der Waals surface area contributed by atoms with Crippen LogP contribution in [0.5, 0.6) is 5.75 Å². The average Bonchev–Trinajstić information content (AvgIpc) is 3.16. The molecule has 0 unspecified atom stereocenters. The van der Waals surface area contributed by atoms with Crippen LogP contribution in [0.4, 0.5) is 18.9 Å². The Hall–Kier alpha value is -2.67. The molecule has 0 aromatic heterocycles. The zero-order chi connectivity index (χ0) is 23.9. The van der Waals surface area contributed by atoms with E-state index < -0.39 is 11.7 Å². The number of ether oxygens (including phenoxy) is 1. The third kappa shape index (κ3) is 4.76. The van der Waals surface area contributed by atoms with Crippen molar-refractivity contribution < 1.29 is 17.9 Å². The maximum absolute atomic E-state index is 13.4. The van der Waals surface area contributed by atoms with Gasteiger partial charge < -0.3 is 19.4 Å². The Morgan fingerprint density at radius 1 is 1.00 bits per heavy atom. The molecule has 182 valence electrons. The minimum Gasteiger partial charge on any atom is -0.490 e. The zero-order valence-electron chi connectivity index (χ0n) is 19.8. The minimum atomic E-state index is -4.34. The molecule has 0 spiro atoms. The largest absolute Gasteiger partial charge is 0.490 e. The number of hydrogen-bond acceptors (Lipinski definition) is 4. The highest BCUT2D eigenvalue weighted by Crippen LogP contribution is 2.39. The van der Waals surface area contributed by atoms with Gasteiger partial charge in [-0.1, -0.05) is 18.2 Å². The van der Waals surface area contributed by atoms with E-state index in [-0.39, 0.29) is 12.6 Å². The lowest BCUT2D eigenvalue weighted by atomic mass is 10.1. The van der Waals surface area contributed by atoms with Crippen molar-refractivity contribution >= 4 is 5.69 Å². The maximum atomic E-state index is 13.4. The fourth-order valence-corrected chi connectivity index (χ4v) is 5.35. The number of likely N-dealkylation sites (tertiary alicyclic amines) is 1. The van der Waals surface area contributed by atoms with Crippen LogP contribution < -0.4 is 9.64 Å². The lowest BCUT2D eigenvalue weighted by Crippen LogP contribution is -2.41. The highest BCUT2D eigenvalue weighted by molar-refractivity contribution is 5.67. The first-order valence-corrected chi connectivity index (χ1v) is 12.2. The molecule has 0 amide bonds. The highest BCUT2D eigenvalue weighted by Gasteiger charge is 2.34. The molecular weight excluding hydrogens is 439 g/mol. The van der Waals surface area contributed by atoms with E-state index in [0.717, 1.165) is 50.3 Å². The van der Waals surface area contributed by atoms with Gasteiger partial charge in [-0.3, -0.25) is 0 Å². The Labute approximate surface area is 199 Å². The van der Waals surface area contributed by atoms with Crippen molar-refractivity contribution in [1.29, 1.82) is 0 Å². The van der Waals surface area contributed by atoms with Crippen LogP contribution >= 0.6 is 0 Å². The monoisotopic (exact) mass is 471 g/mol. The standard InChI is InChI=1S/C27H32F3N3O/c1-19(2)32-11-9-23(10-12-32)34-24-7-8-26-21(16-24)15-22-18-31(13-14-33(22)26)17-20-5-3-4-6-25(20)27(28,29)30/h3-8,16,18-19,23H,9-15,17H2,1-2H3. The second-order valence-corrected chi connectivity index (χ2v) is 9.81. The molecule has 2 aromatic rings. The first kappa shape index (κ1) is 23.1. The normalized spacial score (nSPS) is 19.3. The van der Waals surface area contributed by atoms with Gasteiger partial charge in [-0.15, -0.1) is 0 Å².